The van der Waals surface area contributed by atoms with Crippen LogP contribution in [0.4, 0.5) is 17.1 Å². The van der Waals surface area contributed by atoms with Crippen LogP contribution in [0.15, 0.2) is 41.4 Å². The molecule has 2 aromatic rings. The molecule has 1 saturated heterocycles. The molecule has 0 bridgehead atoms. The van der Waals surface area contributed by atoms with Gasteiger partial charge in [0.25, 0.3) is 0 Å². The molecule has 2 aromatic carbocycles. The number of aryl methyl sites for hydroxylation is 1. The second kappa shape index (κ2) is 5.32. The quantitative estimate of drug-likeness (QED) is 0.828. The van der Waals surface area contributed by atoms with Gasteiger partial charge in [-0.2, -0.15) is 0 Å². The maximum Gasteiger partial charge on any atom is 0.204 e. The van der Waals surface area contributed by atoms with Crippen molar-refractivity contribution in [1.82, 2.24) is 0 Å². The molecular weight excluding hydrogens is 330 g/mol. The minimum absolute atomic E-state index is 0.264. The smallest absolute Gasteiger partial charge is 0.204 e. The molecular formula is C20H19N3O3. The molecule has 0 amide bonds. The van der Waals surface area contributed by atoms with Crippen LogP contribution in [0, 0.1) is 6.92 Å². The van der Waals surface area contributed by atoms with Gasteiger partial charge in [-0.25, -0.2) is 4.99 Å². The van der Waals surface area contributed by atoms with Gasteiger partial charge in [0.1, 0.15) is 18.2 Å². The van der Waals surface area contributed by atoms with Gasteiger partial charge in [0, 0.05) is 36.8 Å². The van der Waals surface area contributed by atoms with E-state index in [9.17, 15) is 9.90 Å². The SMILES string of the molecule is Cc1ccc2c(c1)C(=O)C1(O)CCN(c3ccc4c(c3)OCCN4)C1=N2. The average molecular weight is 349 g/mol. The van der Waals surface area contributed by atoms with E-state index in [1.165, 1.54) is 0 Å². The number of aliphatic imine (C=N–C) groups is 1. The van der Waals surface area contributed by atoms with Crippen molar-refractivity contribution < 1.29 is 14.6 Å². The van der Waals surface area contributed by atoms with Gasteiger partial charge < -0.3 is 20.1 Å². The highest BCUT2D eigenvalue weighted by molar-refractivity contribution is 6.28. The third-order valence-electron chi connectivity index (χ3n) is 5.27. The minimum Gasteiger partial charge on any atom is -0.490 e. The molecule has 132 valence electrons. The molecule has 3 aliphatic heterocycles. The molecule has 5 rings (SSSR count). The number of ether oxygens (including phenoxy) is 1. The lowest BCUT2D eigenvalue weighted by molar-refractivity contribution is 0.0602. The molecule has 0 spiro atoms. The number of rotatable bonds is 1. The van der Waals surface area contributed by atoms with Crippen molar-refractivity contribution in [1.29, 1.82) is 0 Å². The second-order valence-corrected chi connectivity index (χ2v) is 7.00. The number of benzene rings is 2. The van der Waals surface area contributed by atoms with E-state index in [1.54, 1.807) is 6.07 Å². The Kier molecular flexibility index (Phi) is 3.15. The molecule has 1 unspecified atom stereocenters. The zero-order chi connectivity index (χ0) is 17.9. The molecule has 1 fully saturated rings. The van der Waals surface area contributed by atoms with Gasteiger partial charge in [0.05, 0.1) is 11.4 Å². The van der Waals surface area contributed by atoms with Crippen LogP contribution in [0.25, 0.3) is 0 Å². The van der Waals surface area contributed by atoms with E-state index in [0.717, 1.165) is 29.2 Å². The van der Waals surface area contributed by atoms with Crippen LogP contribution < -0.4 is 15.0 Å². The van der Waals surface area contributed by atoms with Crippen molar-refractivity contribution in [3.05, 3.63) is 47.5 Å². The standard InChI is InChI=1S/C20H19N3O3/c1-12-2-4-15-14(10-12)18(24)20(25)6-8-23(19(20)22-15)13-3-5-16-17(11-13)26-9-7-21-16/h2-5,10-11,21,25H,6-9H2,1H3. The highest BCUT2D eigenvalue weighted by Crippen LogP contribution is 2.41. The Labute approximate surface area is 151 Å². The first-order valence-electron chi connectivity index (χ1n) is 8.81. The van der Waals surface area contributed by atoms with Gasteiger partial charge in [-0.1, -0.05) is 11.6 Å². The van der Waals surface area contributed by atoms with E-state index in [1.807, 2.05) is 42.2 Å². The van der Waals surface area contributed by atoms with Gasteiger partial charge in [-0.15, -0.1) is 0 Å². The fourth-order valence-corrected chi connectivity index (χ4v) is 3.89. The Hall–Kier alpha value is -2.86. The number of hydrogen-bond donors (Lipinski definition) is 2. The predicted octanol–water partition coefficient (Wildman–Crippen LogP) is 2.67. The number of carbonyl (C=O) groups is 1. The van der Waals surface area contributed by atoms with Crippen LogP contribution in [0.2, 0.25) is 0 Å². The number of aliphatic hydroxyl groups is 1. The lowest BCUT2D eigenvalue weighted by Gasteiger charge is -2.30. The summed E-state index contributed by atoms with van der Waals surface area (Å²) in [5.74, 6) is 0.921. The van der Waals surface area contributed by atoms with Crippen LogP contribution in [0.3, 0.4) is 0 Å². The van der Waals surface area contributed by atoms with Crippen molar-refractivity contribution >= 4 is 28.7 Å². The van der Waals surface area contributed by atoms with Crippen molar-refractivity contribution in [2.24, 2.45) is 4.99 Å². The van der Waals surface area contributed by atoms with Crippen molar-refractivity contribution in [3.8, 4) is 5.75 Å². The summed E-state index contributed by atoms with van der Waals surface area (Å²) in [7, 11) is 0. The number of carbonyl (C=O) groups excluding carboxylic acids is 1. The highest BCUT2D eigenvalue weighted by Gasteiger charge is 2.52. The molecule has 3 heterocycles. The van der Waals surface area contributed by atoms with Gasteiger partial charge in [-0.3, -0.25) is 4.79 Å². The Morgan fingerprint density at radius 3 is 3.04 bits per heavy atom. The summed E-state index contributed by atoms with van der Waals surface area (Å²) in [5.41, 5.74) is 2.35. The summed E-state index contributed by atoms with van der Waals surface area (Å²) in [6, 6.07) is 11.4. The van der Waals surface area contributed by atoms with E-state index in [-0.39, 0.29) is 5.78 Å². The normalized spacial score (nSPS) is 23.4. The number of ketones is 1. The molecule has 0 radical (unpaired) electrons. The summed E-state index contributed by atoms with van der Waals surface area (Å²) < 4.78 is 5.72. The fourth-order valence-electron chi connectivity index (χ4n) is 3.89. The van der Waals surface area contributed by atoms with Gasteiger partial charge in [-0.05, 0) is 31.2 Å². The average Bonchev–Trinajstić information content (AvgIpc) is 3.00. The first-order chi connectivity index (χ1) is 12.6. The Balaban J connectivity index is 1.61. The summed E-state index contributed by atoms with van der Waals surface area (Å²) in [6.45, 7) is 3.86. The summed E-state index contributed by atoms with van der Waals surface area (Å²) in [4.78, 5) is 19.6. The molecule has 0 aromatic heterocycles. The predicted molar refractivity (Wildman–Crippen MR) is 99.9 cm³/mol. The van der Waals surface area contributed by atoms with Crippen LogP contribution in [0.5, 0.6) is 5.75 Å². The van der Waals surface area contributed by atoms with Crippen molar-refractivity contribution in [2.75, 3.05) is 29.9 Å². The summed E-state index contributed by atoms with van der Waals surface area (Å²) >= 11 is 0. The molecule has 0 aliphatic carbocycles. The van der Waals surface area contributed by atoms with E-state index in [2.05, 4.69) is 10.3 Å². The van der Waals surface area contributed by atoms with E-state index in [4.69, 9.17) is 4.74 Å². The Morgan fingerprint density at radius 2 is 2.15 bits per heavy atom. The zero-order valence-electron chi connectivity index (χ0n) is 14.5. The van der Waals surface area contributed by atoms with Crippen LogP contribution >= 0.6 is 0 Å². The number of amidine groups is 1. The van der Waals surface area contributed by atoms with Crippen molar-refractivity contribution in [3.63, 3.8) is 0 Å². The first kappa shape index (κ1) is 15.4. The lowest BCUT2D eigenvalue weighted by atomic mass is 9.87. The molecule has 6 heteroatoms. The monoisotopic (exact) mass is 349 g/mol. The molecule has 0 saturated carbocycles. The fraction of sp³-hybridized carbons (Fsp3) is 0.300. The topological polar surface area (TPSA) is 74.2 Å². The van der Waals surface area contributed by atoms with Crippen LogP contribution in [-0.2, 0) is 0 Å². The largest absolute Gasteiger partial charge is 0.490 e. The van der Waals surface area contributed by atoms with Crippen LogP contribution in [0.1, 0.15) is 22.3 Å². The number of nitrogens with zero attached hydrogens (tertiary/aromatic N) is 2. The van der Waals surface area contributed by atoms with Gasteiger partial charge in [0.15, 0.2) is 5.60 Å². The van der Waals surface area contributed by atoms with E-state index in [0.29, 0.717) is 36.7 Å². The molecule has 3 aliphatic rings. The summed E-state index contributed by atoms with van der Waals surface area (Å²) in [6.07, 6.45) is 0.328. The number of nitrogens with one attached hydrogen (secondary N) is 1. The summed E-state index contributed by atoms with van der Waals surface area (Å²) in [5, 5.41) is 14.4. The van der Waals surface area contributed by atoms with Crippen molar-refractivity contribution in [2.45, 2.75) is 18.9 Å². The molecule has 26 heavy (non-hydrogen) atoms. The Morgan fingerprint density at radius 1 is 1.27 bits per heavy atom. The number of fused-ring (bicyclic) bond motifs is 3. The maximum atomic E-state index is 13.0. The number of Topliss-reactive ketones (excluding diaryl/α,β-unsaturated/α-hetero) is 1. The second-order valence-electron chi connectivity index (χ2n) is 7.00. The lowest BCUT2D eigenvalue weighted by Crippen LogP contribution is -2.48. The van der Waals surface area contributed by atoms with E-state index < -0.39 is 5.60 Å². The van der Waals surface area contributed by atoms with Gasteiger partial charge in [0.2, 0.25) is 5.78 Å². The molecule has 6 nitrogen and oxygen atoms in total. The Bertz CT molecular complexity index is 969. The number of hydrogen-bond acceptors (Lipinski definition) is 6. The van der Waals surface area contributed by atoms with E-state index >= 15 is 0 Å². The third kappa shape index (κ3) is 2.08. The zero-order valence-corrected chi connectivity index (χ0v) is 14.5. The maximum absolute atomic E-state index is 13.0. The number of anilines is 2. The van der Waals surface area contributed by atoms with Crippen LogP contribution in [-0.4, -0.2) is 42.0 Å². The molecule has 1 atom stereocenters. The molecule has 2 N–H and O–H groups in total. The highest BCUT2D eigenvalue weighted by atomic mass is 16.5. The first-order valence-corrected chi connectivity index (χ1v) is 8.81. The third-order valence-corrected chi connectivity index (χ3v) is 5.27. The van der Waals surface area contributed by atoms with Gasteiger partial charge >= 0.3 is 0 Å². The minimum atomic E-state index is -1.56.